The smallest absolute Gasteiger partial charge is 0.304 e. The number of thiazole rings is 1. The molecule has 0 bridgehead atoms. The summed E-state index contributed by atoms with van der Waals surface area (Å²) in [4.78, 5) is 38.1. The van der Waals surface area contributed by atoms with E-state index in [1.807, 2.05) is 19.9 Å². The van der Waals surface area contributed by atoms with E-state index >= 15 is 0 Å². The molecular weight excluding hydrogens is 314 g/mol. The van der Waals surface area contributed by atoms with Crippen molar-refractivity contribution in [2.75, 3.05) is 0 Å². The van der Waals surface area contributed by atoms with Crippen LogP contribution in [0.1, 0.15) is 29.9 Å². The third kappa shape index (κ3) is 4.79. The molecule has 0 spiro atoms. The van der Waals surface area contributed by atoms with Gasteiger partial charge in [0.1, 0.15) is 6.04 Å². The maximum Gasteiger partial charge on any atom is 0.304 e. The predicted molar refractivity (Wildman–Crippen MR) is 89.3 cm³/mol. The van der Waals surface area contributed by atoms with Crippen molar-refractivity contribution < 1.29 is 9.59 Å². The molecule has 2 aromatic rings. The number of rotatable bonds is 6. The van der Waals surface area contributed by atoms with E-state index < -0.39 is 6.04 Å². The molecule has 6 nitrogen and oxygen atoms in total. The van der Waals surface area contributed by atoms with Crippen LogP contribution in [0.4, 0.5) is 0 Å². The average Bonchev–Trinajstić information content (AvgIpc) is 2.96. The Morgan fingerprint density at radius 1 is 1.22 bits per heavy atom. The molecule has 3 N–H and O–H groups in total. The Morgan fingerprint density at radius 3 is 2.48 bits per heavy atom. The Labute approximate surface area is 137 Å². The van der Waals surface area contributed by atoms with Gasteiger partial charge < -0.3 is 15.6 Å². The van der Waals surface area contributed by atoms with Crippen LogP contribution < -0.4 is 15.5 Å². The van der Waals surface area contributed by atoms with Gasteiger partial charge >= 0.3 is 4.87 Å². The normalized spacial score (nSPS) is 12.0. The Kier molecular flexibility index (Phi) is 5.70. The average molecular weight is 333 g/mol. The van der Waals surface area contributed by atoms with E-state index in [0.717, 1.165) is 11.3 Å². The first-order chi connectivity index (χ1) is 11.0. The summed E-state index contributed by atoms with van der Waals surface area (Å²) in [6.07, 6.45) is 0. The van der Waals surface area contributed by atoms with E-state index in [1.165, 1.54) is 0 Å². The SMILES string of the molecule is CC(C)[C@@H](NC(=O)c1ccccc1)C(=O)NCc1csc(=O)[nH]1. The molecular formula is C16H19N3O3S. The maximum absolute atomic E-state index is 12.3. The zero-order chi connectivity index (χ0) is 16.8. The Hall–Kier alpha value is -2.41. The molecule has 0 unspecified atom stereocenters. The van der Waals surface area contributed by atoms with E-state index in [1.54, 1.807) is 29.6 Å². The zero-order valence-electron chi connectivity index (χ0n) is 13.0. The summed E-state index contributed by atoms with van der Waals surface area (Å²) in [5.41, 5.74) is 1.15. The highest BCUT2D eigenvalue weighted by atomic mass is 32.1. The van der Waals surface area contributed by atoms with Gasteiger partial charge in [-0.05, 0) is 18.1 Å². The summed E-state index contributed by atoms with van der Waals surface area (Å²) in [5, 5.41) is 7.15. The maximum atomic E-state index is 12.3. The number of benzene rings is 1. The van der Waals surface area contributed by atoms with Gasteiger partial charge in [0.15, 0.2) is 0 Å². The van der Waals surface area contributed by atoms with Gasteiger partial charge in [-0.1, -0.05) is 43.4 Å². The largest absolute Gasteiger partial charge is 0.349 e. The molecule has 1 aromatic heterocycles. The number of hydrogen-bond donors (Lipinski definition) is 3. The van der Waals surface area contributed by atoms with Crippen LogP contribution in [-0.4, -0.2) is 22.8 Å². The summed E-state index contributed by atoms with van der Waals surface area (Å²) < 4.78 is 0. The van der Waals surface area contributed by atoms with Crippen molar-refractivity contribution in [3.05, 3.63) is 56.6 Å². The van der Waals surface area contributed by atoms with Crippen LogP contribution in [0.15, 0.2) is 40.5 Å². The molecule has 1 heterocycles. The standard InChI is InChI=1S/C16H19N3O3S/c1-10(2)13(19-14(20)11-6-4-3-5-7-11)15(21)17-8-12-9-23-16(22)18-12/h3-7,9-10,13H,8H2,1-2H3,(H,17,21)(H,18,22)(H,19,20)/t13-/m1/s1. The van der Waals surface area contributed by atoms with Gasteiger partial charge in [-0.15, -0.1) is 0 Å². The fraction of sp³-hybridized carbons (Fsp3) is 0.312. The molecule has 23 heavy (non-hydrogen) atoms. The van der Waals surface area contributed by atoms with Crippen LogP contribution in [0.25, 0.3) is 0 Å². The molecule has 0 saturated carbocycles. The number of carbonyl (C=O) groups excluding carboxylic acids is 2. The van der Waals surface area contributed by atoms with Gasteiger partial charge in [0.25, 0.3) is 5.91 Å². The Morgan fingerprint density at radius 2 is 1.91 bits per heavy atom. The van der Waals surface area contributed by atoms with Crippen molar-refractivity contribution in [3.63, 3.8) is 0 Å². The minimum Gasteiger partial charge on any atom is -0.349 e. The molecule has 122 valence electrons. The van der Waals surface area contributed by atoms with E-state index in [0.29, 0.717) is 11.3 Å². The number of carbonyl (C=O) groups is 2. The monoisotopic (exact) mass is 333 g/mol. The van der Waals surface area contributed by atoms with Crippen LogP contribution in [-0.2, 0) is 11.3 Å². The van der Waals surface area contributed by atoms with Crippen molar-refractivity contribution >= 4 is 23.2 Å². The zero-order valence-corrected chi connectivity index (χ0v) is 13.8. The van der Waals surface area contributed by atoms with Crippen molar-refractivity contribution in [2.24, 2.45) is 5.92 Å². The van der Waals surface area contributed by atoms with E-state index in [2.05, 4.69) is 15.6 Å². The first kappa shape index (κ1) is 17.0. The quantitative estimate of drug-likeness (QED) is 0.748. The molecule has 7 heteroatoms. The van der Waals surface area contributed by atoms with E-state index in [-0.39, 0.29) is 29.1 Å². The molecule has 0 aliphatic carbocycles. The lowest BCUT2D eigenvalue weighted by molar-refractivity contribution is -0.124. The molecule has 0 aliphatic rings. The first-order valence-electron chi connectivity index (χ1n) is 7.27. The van der Waals surface area contributed by atoms with Gasteiger partial charge in [-0.3, -0.25) is 14.4 Å². The highest BCUT2D eigenvalue weighted by molar-refractivity contribution is 7.07. The molecule has 1 atom stereocenters. The summed E-state index contributed by atoms with van der Waals surface area (Å²) in [5.74, 6) is -0.635. The molecule has 0 radical (unpaired) electrons. The van der Waals surface area contributed by atoms with Gasteiger partial charge in [0.2, 0.25) is 5.91 Å². The van der Waals surface area contributed by atoms with Crippen molar-refractivity contribution in [2.45, 2.75) is 26.4 Å². The summed E-state index contributed by atoms with van der Waals surface area (Å²) in [6.45, 7) is 3.95. The highest BCUT2D eigenvalue weighted by Gasteiger charge is 2.24. The lowest BCUT2D eigenvalue weighted by atomic mass is 10.0. The number of hydrogen-bond acceptors (Lipinski definition) is 4. The summed E-state index contributed by atoms with van der Waals surface area (Å²) in [6, 6.07) is 8.11. The molecule has 0 fully saturated rings. The predicted octanol–water partition coefficient (Wildman–Crippen LogP) is 1.51. The van der Waals surface area contributed by atoms with Crippen LogP contribution in [0.3, 0.4) is 0 Å². The number of H-pyrrole nitrogens is 1. The first-order valence-corrected chi connectivity index (χ1v) is 8.15. The van der Waals surface area contributed by atoms with E-state index in [9.17, 15) is 14.4 Å². The lowest BCUT2D eigenvalue weighted by Crippen LogP contribution is -2.49. The number of nitrogens with one attached hydrogen (secondary N) is 3. The molecule has 0 aliphatic heterocycles. The van der Waals surface area contributed by atoms with Gasteiger partial charge in [0.05, 0.1) is 6.54 Å². The number of amides is 2. The molecule has 2 rings (SSSR count). The second-order valence-corrected chi connectivity index (χ2v) is 6.29. The summed E-state index contributed by atoms with van der Waals surface area (Å²) >= 11 is 1.05. The molecule has 1 aromatic carbocycles. The highest BCUT2D eigenvalue weighted by Crippen LogP contribution is 2.06. The fourth-order valence-electron chi connectivity index (χ4n) is 2.04. The lowest BCUT2D eigenvalue weighted by Gasteiger charge is -2.21. The van der Waals surface area contributed by atoms with Crippen LogP contribution in [0.5, 0.6) is 0 Å². The fourth-order valence-corrected chi connectivity index (χ4v) is 2.62. The number of aromatic nitrogens is 1. The van der Waals surface area contributed by atoms with Crippen molar-refractivity contribution in [3.8, 4) is 0 Å². The van der Waals surface area contributed by atoms with Crippen molar-refractivity contribution in [1.29, 1.82) is 0 Å². The third-order valence-corrected chi connectivity index (χ3v) is 4.01. The third-order valence-electron chi connectivity index (χ3n) is 3.30. The molecule has 2 amide bonds. The van der Waals surface area contributed by atoms with E-state index in [4.69, 9.17) is 0 Å². The van der Waals surface area contributed by atoms with Gasteiger partial charge in [-0.2, -0.15) is 0 Å². The van der Waals surface area contributed by atoms with Crippen LogP contribution in [0.2, 0.25) is 0 Å². The second-order valence-electron chi connectivity index (χ2n) is 5.45. The molecule has 0 saturated heterocycles. The minimum atomic E-state index is -0.645. The minimum absolute atomic E-state index is 0.0656. The Balaban J connectivity index is 1.98. The topological polar surface area (TPSA) is 91.1 Å². The second kappa shape index (κ2) is 7.73. The van der Waals surface area contributed by atoms with Crippen LogP contribution in [0, 0.1) is 5.92 Å². The van der Waals surface area contributed by atoms with Gasteiger partial charge in [-0.25, -0.2) is 0 Å². The van der Waals surface area contributed by atoms with Crippen molar-refractivity contribution in [1.82, 2.24) is 15.6 Å². The van der Waals surface area contributed by atoms with Gasteiger partial charge in [0, 0.05) is 16.6 Å². The summed E-state index contributed by atoms with van der Waals surface area (Å²) in [7, 11) is 0. The van der Waals surface area contributed by atoms with Crippen LogP contribution >= 0.6 is 11.3 Å². The number of aromatic amines is 1. The Bertz CT molecular complexity index is 721.